The molecule has 0 radical (unpaired) electrons. The second kappa shape index (κ2) is 5.78. The quantitative estimate of drug-likeness (QED) is 0.751. The van der Waals surface area contributed by atoms with Crippen LogP contribution in [0.3, 0.4) is 0 Å². The van der Waals surface area contributed by atoms with Gasteiger partial charge in [-0.1, -0.05) is 32.0 Å². The van der Waals surface area contributed by atoms with E-state index in [1.54, 1.807) is 11.1 Å². The highest BCUT2D eigenvalue weighted by Crippen LogP contribution is 2.34. The second-order valence-corrected chi connectivity index (χ2v) is 6.05. The molecule has 1 heteroatoms. The Balaban J connectivity index is 1.73. The van der Waals surface area contributed by atoms with E-state index in [0.717, 1.165) is 0 Å². The van der Waals surface area contributed by atoms with Gasteiger partial charge in [-0.3, -0.25) is 4.98 Å². The highest BCUT2D eigenvalue weighted by Gasteiger charge is 2.18. The number of pyridine rings is 1. The zero-order valence-corrected chi connectivity index (χ0v) is 12.5. The van der Waals surface area contributed by atoms with Gasteiger partial charge in [0.1, 0.15) is 0 Å². The zero-order chi connectivity index (χ0) is 13.9. The number of fused-ring (bicyclic) bond motifs is 1. The van der Waals surface area contributed by atoms with Crippen LogP contribution >= 0.6 is 0 Å². The van der Waals surface area contributed by atoms with E-state index in [1.807, 2.05) is 12.4 Å². The van der Waals surface area contributed by atoms with Gasteiger partial charge >= 0.3 is 0 Å². The van der Waals surface area contributed by atoms with Crippen LogP contribution < -0.4 is 0 Å². The number of nitrogens with zero attached hydrogens (tertiary/aromatic N) is 1. The summed E-state index contributed by atoms with van der Waals surface area (Å²) in [5, 5.41) is 0. The monoisotopic (exact) mass is 265 g/mol. The molecular formula is C19H23N. The molecule has 0 aliphatic heterocycles. The van der Waals surface area contributed by atoms with Gasteiger partial charge < -0.3 is 0 Å². The Bertz CT molecular complexity index is 574. The maximum Gasteiger partial charge on any atom is 0.0270 e. The van der Waals surface area contributed by atoms with Crippen molar-refractivity contribution in [3.63, 3.8) is 0 Å². The molecule has 0 saturated heterocycles. The van der Waals surface area contributed by atoms with E-state index in [4.69, 9.17) is 0 Å². The van der Waals surface area contributed by atoms with Gasteiger partial charge in [0.25, 0.3) is 0 Å². The SMILES string of the molecule is CCC(CC(C)c1ccc2c(c1)CC2)c1ccncc1. The molecule has 0 fully saturated rings. The van der Waals surface area contributed by atoms with Crippen molar-refractivity contribution in [2.45, 2.75) is 51.4 Å². The number of aromatic nitrogens is 1. The average Bonchev–Trinajstić information content (AvgIpc) is 2.46. The third kappa shape index (κ3) is 2.63. The first kappa shape index (κ1) is 13.4. The minimum Gasteiger partial charge on any atom is -0.265 e. The van der Waals surface area contributed by atoms with Crippen LogP contribution in [0.4, 0.5) is 0 Å². The molecule has 2 aromatic rings. The molecule has 104 valence electrons. The lowest BCUT2D eigenvalue weighted by atomic mass is 9.81. The van der Waals surface area contributed by atoms with Gasteiger partial charge in [-0.15, -0.1) is 0 Å². The molecule has 0 spiro atoms. The first-order chi connectivity index (χ1) is 9.78. The molecule has 0 amide bonds. The van der Waals surface area contributed by atoms with Crippen molar-refractivity contribution in [2.75, 3.05) is 0 Å². The number of aryl methyl sites for hydroxylation is 2. The summed E-state index contributed by atoms with van der Waals surface area (Å²) in [6.45, 7) is 4.65. The summed E-state index contributed by atoms with van der Waals surface area (Å²) >= 11 is 0. The van der Waals surface area contributed by atoms with Crippen LogP contribution in [0.5, 0.6) is 0 Å². The lowest BCUT2D eigenvalue weighted by Crippen LogP contribution is -2.10. The largest absolute Gasteiger partial charge is 0.265 e. The van der Waals surface area contributed by atoms with Gasteiger partial charge in [0.2, 0.25) is 0 Å². The summed E-state index contributed by atoms with van der Waals surface area (Å²) in [6, 6.07) is 11.4. The molecule has 1 nitrogen and oxygen atoms in total. The van der Waals surface area contributed by atoms with Crippen LogP contribution in [0.1, 0.15) is 60.8 Å². The highest BCUT2D eigenvalue weighted by molar-refractivity contribution is 5.39. The first-order valence-electron chi connectivity index (χ1n) is 7.79. The number of benzene rings is 1. The van der Waals surface area contributed by atoms with Crippen molar-refractivity contribution >= 4 is 0 Å². The van der Waals surface area contributed by atoms with E-state index in [-0.39, 0.29) is 0 Å². The third-order valence-corrected chi connectivity index (χ3v) is 4.77. The van der Waals surface area contributed by atoms with Crippen LogP contribution in [0, 0.1) is 0 Å². The molecule has 1 aromatic heterocycles. The van der Waals surface area contributed by atoms with Crippen molar-refractivity contribution in [3.8, 4) is 0 Å². The Labute approximate surface area is 122 Å². The summed E-state index contributed by atoms with van der Waals surface area (Å²) in [5.41, 5.74) is 6.07. The average molecular weight is 265 g/mol. The van der Waals surface area contributed by atoms with Crippen molar-refractivity contribution in [2.24, 2.45) is 0 Å². The molecule has 20 heavy (non-hydrogen) atoms. The Morgan fingerprint density at radius 2 is 1.75 bits per heavy atom. The van der Waals surface area contributed by atoms with Crippen molar-refractivity contribution in [3.05, 3.63) is 65.0 Å². The van der Waals surface area contributed by atoms with Crippen molar-refractivity contribution in [1.29, 1.82) is 0 Å². The van der Waals surface area contributed by atoms with Gasteiger partial charge in [-0.05, 0) is 71.9 Å². The zero-order valence-electron chi connectivity index (χ0n) is 12.5. The number of rotatable bonds is 5. The Morgan fingerprint density at radius 1 is 1.00 bits per heavy atom. The molecular weight excluding hydrogens is 242 g/mol. The molecule has 0 N–H and O–H groups in total. The maximum absolute atomic E-state index is 4.13. The number of hydrogen-bond acceptors (Lipinski definition) is 1. The Hall–Kier alpha value is -1.63. The molecule has 1 aromatic carbocycles. The van der Waals surface area contributed by atoms with E-state index in [9.17, 15) is 0 Å². The molecule has 1 aliphatic rings. The third-order valence-electron chi connectivity index (χ3n) is 4.77. The smallest absolute Gasteiger partial charge is 0.0270 e. The summed E-state index contributed by atoms with van der Waals surface area (Å²) in [5.74, 6) is 1.26. The van der Waals surface area contributed by atoms with E-state index in [0.29, 0.717) is 11.8 Å². The first-order valence-corrected chi connectivity index (χ1v) is 7.79. The van der Waals surface area contributed by atoms with E-state index < -0.39 is 0 Å². The second-order valence-electron chi connectivity index (χ2n) is 6.05. The molecule has 0 bridgehead atoms. The molecule has 0 saturated carbocycles. The van der Waals surface area contributed by atoms with Gasteiger partial charge in [0, 0.05) is 12.4 Å². The fraction of sp³-hybridized carbons (Fsp3) is 0.421. The fourth-order valence-corrected chi connectivity index (χ4v) is 3.26. The predicted octanol–water partition coefficient (Wildman–Crippen LogP) is 4.87. The van der Waals surface area contributed by atoms with Gasteiger partial charge in [-0.2, -0.15) is 0 Å². The van der Waals surface area contributed by atoms with Crippen LogP contribution in [0.2, 0.25) is 0 Å². The van der Waals surface area contributed by atoms with Gasteiger partial charge in [0.15, 0.2) is 0 Å². The number of hydrogen-bond donors (Lipinski definition) is 0. The van der Waals surface area contributed by atoms with Crippen LogP contribution in [0.25, 0.3) is 0 Å². The fourth-order valence-electron chi connectivity index (χ4n) is 3.26. The highest BCUT2D eigenvalue weighted by atomic mass is 14.6. The Kier molecular flexibility index (Phi) is 3.86. The lowest BCUT2D eigenvalue weighted by molar-refractivity contribution is 0.543. The standard InChI is InChI=1S/C19H23N/c1-3-15(17-8-10-20-11-9-17)12-14(2)18-6-4-16-5-7-19(16)13-18/h4,6,8-11,13-15H,3,5,7,12H2,1-2H3. The van der Waals surface area contributed by atoms with Crippen LogP contribution in [-0.4, -0.2) is 4.98 Å². The van der Waals surface area contributed by atoms with Crippen LogP contribution in [-0.2, 0) is 12.8 Å². The normalized spacial score (nSPS) is 16.1. The van der Waals surface area contributed by atoms with Crippen molar-refractivity contribution in [1.82, 2.24) is 4.98 Å². The minimum absolute atomic E-state index is 0.624. The van der Waals surface area contributed by atoms with E-state index in [2.05, 4.69) is 49.2 Å². The van der Waals surface area contributed by atoms with Gasteiger partial charge in [-0.25, -0.2) is 0 Å². The predicted molar refractivity (Wildman–Crippen MR) is 84.2 cm³/mol. The molecule has 2 unspecified atom stereocenters. The van der Waals surface area contributed by atoms with Gasteiger partial charge in [0.05, 0.1) is 0 Å². The molecule has 1 aliphatic carbocycles. The summed E-state index contributed by atoms with van der Waals surface area (Å²) in [4.78, 5) is 4.13. The van der Waals surface area contributed by atoms with Crippen molar-refractivity contribution < 1.29 is 0 Å². The molecule has 3 rings (SSSR count). The van der Waals surface area contributed by atoms with Crippen LogP contribution in [0.15, 0.2) is 42.7 Å². The topological polar surface area (TPSA) is 12.9 Å². The molecule has 2 atom stereocenters. The van der Waals surface area contributed by atoms with E-state index in [1.165, 1.54) is 36.8 Å². The van der Waals surface area contributed by atoms with E-state index >= 15 is 0 Å². The Morgan fingerprint density at radius 3 is 2.35 bits per heavy atom. The molecule has 1 heterocycles. The maximum atomic E-state index is 4.13. The summed E-state index contributed by atoms with van der Waals surface area (Å²) < 4.78 is 0. The lowest BCUT2D eigenvalue weighted by Gasteiger charge is -2.24. The summed E-state index contributed by atoms with van der Waals surface area (Å²) in [6.07, 6.45) is 8.79. The summed E-state index contributed by atoms with van der Waals surface area (Å²) in [7, 11) is 0. The minimum atomic E-state index is 0.624.